The van der Waals surface area contributed by atoms with Crippen LogP contribution in [0.5, 0.6) is 5.75 Å². The number of fused-ring (bicyclic) bond motifs is 2. The fraction of sp³-hybridized carbons (Fsp3) is 0.500. The third kappa shape index (κ3) is 4.95. The highest BCUT2D eigenvalue weighted by atomic mass is 32.2. The Morgan fingerprint density at radius 2 is 1.75 bits per heavy atom. The molecule has 1 aromatic carbocycles. The molecule has 32 heavy (non-hydrogen) atoms. The topological polar surface area (TPSA) is 102 Å². The van der Waals surface area contributed by atoms with Crippen LogP contribution in [-0.4, -0.2) is 66.4 Å². The molecule has 1 amide bonds. The summed E-state index contributed by atoms with van der Waals surface area (Å²) in [5, 5.41) is 0. The molecule has 4 rings (SSSR count). The molecule has 0 unspecified atom stereocenters. The van der Waals surface area contributed by atoms with Crippen molar-refractivity contribution in [2.45, 2.75) is 56.4 Å². The molecule has 0 spiro atoms. The lowest BCUT2D eigenvalue weighted by Crippen LogP contribution is -2.50. The number of carbonyl (C=O) groups is 1. The molecule has 1 aromatic heterocycles. The molecule has 0 saturated carbocycles. The maximum atomic E-state index is 12.4. The molecular formula is C22H28N4O5S. The van der Waals surface area contributed by atoms with E-state index in [0.29, 0.717) is 24.8 Å². The van der Waals surface area contributed by atoms with Crippen molar-refractivity contribution in [1.82, 2.24) is 14.9 Å². The Bertz CT molecular complexity index is 1080. The predicted molar refractivity (Wildman–Crippen MR) is 118 cm³/mol. The van der Waals surface area contributed by atoms with Crippen molar-refractivity contribution < 1.29 is 22.7 Å². The normalized spacial score (nSPS) is 20.5. The fourth-order valence-electron chi connectivity index (χ4n) is 3.99. The average Bonchev–Trinajstić information content (AvgIpc) is 3.32. The summed E-state index contributed by atoms with van der Waals surface area (Å²) in [5.41, 5.74) is 0.341. The number of carbonyl (C=O) groups excluding carboxylic acids is 1. The maximum absolute atomic E-state index is 12.4. The Morgan fingerprint density at radius 3 is 2.28 bits per heavy atom. The Morgan fingerprint density at radius 1 is 1.09 bits per heavy atom. The lowest BCUT2D eigenvalue weighted by atomic mass is 10.2. The van der Waals surface area contributed by atoms with Crippen LogP contribution in [0.4, 0.5) is 10.7 Å². The summed E-state index contributed by atoms with van der Waals surface area (Å²) in [7, 11) is -3.21. The van der Waals surface area contributed by atoms with Crippen LogP contribution in [0.3, 0.4) is 0 Å². The van der Waals surface area contributed by atoms with Crippen LogP contribution in [0.25, 0.3) is 0 Å². The van der Waals surface area contributed by atoms with Crippen LogP contribution < -0.4 is 9.64 Å². The van der Waals surface area contributed by atoms with E-state index in [4.69, 9.17) is 9.47 Å². The number of piperazine rings is 1. The van der Waals surface area contributed by atoms with Gasteiger partial charge in [-0.15, -0.1) is 0 Å². The third-order valence-corrected chi connectivity index (χ3v) is 6.63. The minimum absolute atomic E-state index is 0.101. The summed E-state index contributed by atoms with van der Waals surface area (Å²) < 4.78 is 34.3. The van der Waals surface area contributed by atoms with Gasteiger partial charge < -0.3 is 19.3 Å². The van der Waals surface area contributed by atoms with Gasteiger partial charge in [-0.3, -0.25) is 0 Å². The lowest BCUT2D eigenvalue weighted by molar-refractivity contribution is 0.0214. The van der Waals surface area contributed by atoms with Crippen LogP contribution >= 0.6 is 0 Å². The number of hydrogen-bond donors (Lipinski definition) is 0. The third-order valence-electron chi connectivity index (χ3n) is 5.50. The van der Waals surface area contributed by atoms with Crippen LogP contribution in [0.15, 0.2) is 41.6 Å². The van der Waals surface area contributed by atoms with E-state index in [2.05, 4.69) is 14.9 Å². The second-order valence-electron chi connectivity index (χ2n) is 9.25. The van der Waals surface area contributed by atoms with Crippen LogP contribution in [-0.2, 0) is 21.2 Å². The highest BCUT2D eigenvalue weighted by Crippen LogP contribution is 2.34. The molecule has 2 aliphatic rings. The van der Waals surface area contributed by atoms with Crippen molar-refractivity contribution in [1.29, 1.82) is 0 Å². The first-order valence-electron chi connectivity index (χ1n) is 10.5. The Hall–Kier alpha value is -2.88. The molecule has 2 fully saturated rings. The van der Waals surface area contributed by atoms with Gasteiger partial charge in [0.1, 0.15) is 12.2 Å². The molecule has 10 heteroatoms. The number of amides is 1. The number of hydrogen-bond acceptors (Lipinski definition) is 8. The minimum Gasteiger partial charge on any atom is -0.486 e. The van der Waals surface area contributed by atoms with Gasteiger partial charge in [0.05, 0.1) is 29.4 Å². The van der Waals surface area contributed by atoms with Crippen molar-refractivity contribution in [2.75, 3.05) is 24.2 Å². The molecule has 2 aliphatic heterocycles. The summed E-state index contributed by atoms with van der Waals surface area (Å²) in [4.78, 5) is 25.5. The van der Waals surface area contributed by atoms with Gasteiger partial charge in [0.15, 0.2) is 15.6 Å². The second kappa shape index (κ2) is 8.23. The van der Waals surface area contributed by atoms with Crippen LogP contribution in [0.1, 0.15) is 32.8 Å². The predicted octanol–water partition coefficient (Wildman–Crippen LogP) is 2.66. The summed E-state index contributed by atoms with van der Waals surface area (Å²) in [5.74, 6) is 1.15. The van der Waals surface area contributed by atoms with E-state index in [9.17, 15) is 13.2 Å². The van der Waals surface area contributed by atoms with Crippen molar-refractivity contribution in [3.8, 4) is 5.75 Å². The number of sulfone groups is 1. The Labute approximate surface area is 188 Å². The zero-order valence-corrected chi connectivity index (χ0v) is 19.5. The largest absolute Gasteiger partial charge is 0.486 e. The first-order chi connectivity index (χ1) is 15.0. The van der Waals surface area contributed by atoms with Gasteiger partial charge in [-0.1, -0.05) is 12.1 Å². The molecule has 172 valence electrons. The smallest absolute Gasteiger partial charge is 0.410 e. The molecule has 2 saturated heterocycles. The average molecular weight is 461 g/mol. The number of aromatic nitrogens is 2. The number of anilines is 1. The monoisotopic (exact) mass is 460 g/mol. The summed E-state index contributed by atoms with van der Waals surface area (Å²) >= 11 is 0. The van der Waals surface area contributed by atoms with E-state index in [1.54, 1.807) is 41.6 Å². The van der Waals surface area contributed by atoms with Gasteiger partial charge in [-0.2, -0.15) is 0 Å². The van der Waals surface area contributed by atoms with E-state index in [1.165, 1.54) is 6.26 Å². The number of likely N-dealkylation sites (tertiary alicyclic amines) is 1. The second-order valence-corrected chi connectivity index (χ2v) is 11.3. The van der Waals surface area contributed by atoms with Crippen LogP contribution in [0.2, 0.25) is 0 Å². The number of rotatable bonds is 5. The molecule has 2 atom stereocenters. The zero-order valence-electron chi connectivity index (χ0n) is 18.7. The lowest BCUT2D eigenvalue weighted by Gasteiger charge is -2.35. The van der Waals surface area contributed by atoms with Crippen molar-refractivity contribution in [3.05, 3.63) is 42.2 Å². The SMILES string of the molecule is CC(C)(C)OC(=O)N1C[C@H]2C[C@@H]1CN2c1ncc(OCc2ccc(S(C)(=O)=O)cc2)cn1. The van der Waals surface area contributed by atoms with Gasteiger partial charge >= 0.3 is 6.09 Å². The zero-order chi connectivity index (χ0) is 23.1. The van der Waals surface area contributed by atoms with E-state index in [0.717, 1.165) is 12.0 Å². The number of nitrogens with zero attached hydrogens (tertiary/aromatic N) is 4. The van der Waals surface area contributed by atoms with Gasteiger partial charge in [0.25, 0.3) is 0 Å². The molecule has 2 bridgehead atoms. The Balaban J connectivity index is 1.32. The van der Waals surface area contributed by atoms with E-state index in [-0.39, 0.29) is 29.7 Å². The quantitative estimate of drug-likeness (QED) is 0.671. The van der Waals surface area contributed by atoms with E-state index in [1.807, 2.05) is 20.8 Å². The van der Waals surface area contributed by atoms with Crippen molar-refractivity contribution in [3.63, 3.8) is 0 Å². The maximum Gasteiger partial charge on any atom is 0.410 e. The van der Waals surface area contributed by atoms with Gasteiger partial charge in [-0.05, 0) is 44.9 Å². The standard InChI is InChI=1S/C22H28N4O5S/c1-22(2,3)31-21(27)26-13-16-9-17(26)12-25(16)20-23-10-18(11-24-20)30-14-15-5-7-19(8-6-15)32(4,28)29/h5-8,10-11,16-17H,9,12-14H2,1-4H3/t16-,17-/m1/s1. The van der Waals surface area contributed by atoms with E-state index >= 15 is 0 Å². The first-order valence-corrected chi connectivity index (χ1v) is 12.4. The van der Waals surface area contributed by atoms with Crippen molar-refractivity contribution in [2.24, 2.45) is 0 Å². The van der Waals surface area contributed by atoms with Gasteiger partial charge in [-0.25, -0.2) is 23.2 Å². The molecule has 0 N–H and O–H groups in total. The molecule has 9 nitrogen and oxygen atoms in total. The summed E-state index contributed by atoms with van der Waals surface area (Å²) in [6.45, 7) is 7.17. The first kappa shape index (κ1) is 22.3. The van der Waals surface area contributed by atoms with E-state index < -0.39 is 15.4 Å². The highest BCUT2D eigenvalue weighted by molar-refractivity contribution is 7.90. The molecule has 0 aliphatic carbocycles. The molecular weight excluding hydrogens is 432 g/mol. The summed E-state index contributed by atoms with van der Waals surface area (Å²) in [6, 6.07) is 6.86. The highest BCUT2D eigenvalue weighted by Gasteiger charge is 2.47. The summed E-state index contributed by atoms with van der Waals surface area (Å²) in [6.07, 6.45) is 5.05. The molecule has 0 radical (unpaired) electrons. The number of ether oxygens (including phenoxy) is 2. The Kier molecular flexibility index (Phi) is 5.74. The molecule has 3 heterocycles. The minimum atomic E-state index is -3.21. The fourth-order valence-corrected chi connectivity index (χ4v) is 4.62. The van der Waals surface area contributed by atoms with Gasteiger partial charge in [0, 0.05) is 19.3 Å². The molecule has 2 aromatic rings. The van der Waals surface area contributed by atoms with Crippen molar-refractivity contribution >= 4 is 21.9 Å². The number of benzene rings is 1. The van der Waals surface area contributed by atoms with Crippen LogP contribution in [0, 0.1) is 0 Å². The van der Waals surface area contributed by atoms with Gasteiger partial charge in [0.2, 0.25) is 5.95 Å².